The Morgan fingerprint density at radius 1 is 0.893 bits per heavy atom. The van der Waals surface area contributed by atoms with Crippen LogP contribution in [0.25, 0.3) is 11.1 Å². The van der Waals surface area contributed by atoms with E-state index >= 15 is 0 Å². The summed E-state index contributed by atoms with van der Waals surface area (Å²) in [7, 11) is 2.83. The lowest BCUT2D eigenvalue weighted by atomic mass is 9.98. The summed E-state index contributed by atoms with van der Waals surface area (Å²) in [4.78, 5) is 37.2. The van der Waals surface area contributed by atoms with E-state index in [1.807, 2.05) is 36.4 Å². The molecule has 2 aromatic rings. The molecule has 3 rings (SSSR count). The van der Waals surface area contributed by atoms with E-state index in [9.17, 15) is 14.4 Å². The number of amides is 2. The molecule has 0 atom stereocenters. The number of carbonyl (C=O) groups excluding carboxylic acids is 2. The van der Waals surface area contributed by atoms with Gasteiger partial charge in [-0.05, 0) is 22.3 Å². The van der Waals surface area contributed by atoms with Gasteiger partial charge in [0, 0.05) is 20.0 Å². The Morgan fingerprint density at radius 3 is 1.96 bits per heavy atom. The second kappa shape index (κ2) is 8.12. The number of rotatable bonds is 6. The van der Waals surface area contributed by atoms with Crippen LogP contribution in [0.2, 0.25) is 0 Å². The van der Waals surface area contributed by atoms with Gasteiger partial charge in [0.2, 0.25) is 5.91 Å². The first-order chi connectivity index (χ1) is 13.4. The molecule has 1 aliphatic carbocycles. The highest BCUT2D eigenvalue weighted by Gasteiger charge is 2.29. The number of carbonyl (C=O) groups is 3. The molecule has 0 bridgehead atoms. The molecule has 0 heterocycles. The van der Waals surface area contributed by atoms with Gasteiger partial charge in [0.15, 0.2) is 0 Å². The molecule has 2 amide bonds. The molecule has 0 fully saturated rings. The number of carboxylic acid groups (broad SMARTS) is 1. The Labute approximate surface area is 163 Å². The lowest BCUT2D eigenvalue weighted by Crippen LogP contribution is -2.41. The van der Waals surface area contributed by atoms with Crippen LogP contribution in [0, 0.1) is 0 Å². The van der Waals surface area contributed by atoms with Crippen LogP contribution in [0.1, 0.15) is 17.0 Å². The SMILES string of the molecule is CN(CC(=O)O)C(=O)CN(C)C(=O)OCC1c2ccccc2-c2ccccc21. The monoisotopic (exact) mass is 382 g/mol. The third-order valence-corrected chi connectivity index (χ3v) is 4.82. The van der Waals surface area contributed by atoms with Gasteiger partial charge < -0.3 is 19.6 Å². The summed E-state index contributed by atoms with van der Waals surface area (Å²) >= 11 is 0. The minimum Gasteiger partial charge on any atom is -0.480 e. The third-order valence-electron chi connectivity index (χ3n) is 4.82. The third kappa shape index (κ3) is 3.98. The van der Waals surface area contributed by atoms with Crippen LogP contribution in [0.3, 0.4) is 0 Å². The number of fused-ring (bicyclic) bond motifs is 3. The highest BCUT2D eigenvalue weighted by atomic mass is 16.6. The zero-order valence-corrected chi connectivity index (χ0v) is 15.8. The van der Waals surface area contributed by atoms with Crippen LogP contribution in [0.5, 0.6) is 0 Å². The standard InChI is InChI=1S/C21H22N2O5/c1-22(12-20(25)26)19(24)11-23(2)21(27)28-13-18-16-9-5-3-7-14(16)15-8-4-6-10-17(15)18/h3-10,18H,11-13H2,1-2H3,(H,25,26). The predicted octanol–water partition coefficient (Wildman–Crippen LogP) is 2.41. The maximum Gasteiger partial charge on any atom is 0.409 e. The first-order valence-electron chi connectivity index (χ1n) is 8.90. The number of benzene rings is 2. The van der Waals surface area contributed by atoms with Crippen molar-refractivity contribution in [2.45, 2.75) is 5.92 Å². The average molecular weight is 382 g/mol. The maximum absolute atomic E-state index is 12.3. The summed E-state index contributed by atoms with van der Waals surface area (Å²) in [5.41, 5.74) is 4.49. The summed E-state index contributed by atoms with van der Waals surface area (Å²) in [6.07, 6.45) is -0.626. The van der Waals surface area contributed by atoms with Crippen LogP contribution in [0.4, 0.5) is 4.79 Å². The van der Waals surface area contributed by atoms with E-state index in [2.05, 4.69) is 12.1 Å². The number of likely N-dealkylation sites (N-methyl/N-ethyl adjacent to an activating group) is 2. The molecule has 2 aromatic carbocycles. The fraction of sp³-hybridized carbons (Fsp3) is 0.286. The van der Waals surface area contributed by atoms with Gasteiger partial charge in [0.05, 0.1) is 0 Å². The summed E-state index contributed by atoms with van der Waals surface area (Å²) < 4.78 is 5.46. The Kier molecular flexibility index (Phi) is 5.63. The van der Waals surface area contributed by atoms with Crippen molar-refractivity contribution >= 4 is 18.0 Å². The fourth-order valence-electron chi connectivity index (χ4n) is 3.38. The Bertz CT molecular complexity index is 866. The van der Waals surface area contributed by atoms with Crippen molar-refractivity contribution < 1.29 is 24.2 Å². The Hall–Kier alpha value is -3.35. The number of ether oxygens (including phenoxy) is 1. The smallest absolute Gasteiger partial charge is 0.409 e. The van der Waals surface area contributed by atoms with Gasteiger partial charge in [0.25, 0.3) is 0 Å². The van der Waals surface area contributed by atoms with E-state index in [1.165, 1.54) is 14.1 Å². The molecule has 7 nitrogen and oxygen atoms in total. The van der Waals surface area contributed by atoms with Crippen molar-refractivity contribution in [3.05, 3.63) is 59.7 Å². The summed E-state index contributed by atoms with van der Waals surface area (Å²) in [6, 6.07) is 16.1. The van der Waals surface area contributed by atoms with E-state index in [1.54, 1.807) is 0 Å². The number of aliphatic carboxylic acids is 1. The van der Waals surface area contributed by atoms with Gasteiger partial charge in [-0.3, -0.25) is 9.59 Å². The molecule has 1 N–H and O–H groups in total. The molecule has 0 saturated carbocycles. The highest BCUT2D eigenvalue weighted by Crippen LogP contribution is 2.44. The number of carboxylic acids is 1. The molecule has 146 valence electrons. The maximum atomic E-state index is 12.3. The largest absolute Gasteiger partial charge is 0.480 e. The molecule has 0 unspecified atom stereocenters. The Morgan fingerprint density at radius 2 is 1.43 bits per heavy atom. The topological polar surface area (TPSA) is 87.2 Å². The van der Waals surface area contributed by atoms with E-state index in [-0.39, 0.29) is 19.1 Å². The molecule has 7 heteroatoms. The average Bonchev–Trinajstić information content (AvgIpc) is 2.99. The van der Waals surface area contributed by atoms with Gasteiger partial charge in [0.1, 0.15) is 19.7 Å². The number of nitrogens with zero attached hydrogens (tertiary/aromatic N) is 2. The van der Waals surface area contributed by atoms with Crippen molar-refractivity contribution in [1.29, 1.82) is 0 Å². The number of hydrogen-bond acceptors (Lipinski definition) is 4. The normalized spacial score (nSPS) is 12.1. The van der Waals surface area contributed by atoms with Crippen LogP contribution < -0.4 is 0 Å². The molecule has 0 saturated heterocycles. The van der Waals surface area contributed by atoms with Gasteiger partial charge in [-0.15, -0.1) is 0 Å². The van der Waals surface area contributed by atoms with Crippen LogP contribution >= 0.6 is 0 Å². The van der Waals surface area contributed by atoms with Crippen LogP contribution in [-0.2, 0) is 14.3 Å². The van der Waals surface area contributed by atoms with Crippen molar-refractivity contribution in [2.24, 2.45) is 0 Å². The van der Waals surface area contributed by atoms with Gasteiger partial charge in [-0.1, -0.05) is 48.5 Å². The van der Waals surface area contributed by atoms with Gasteiger partial charge >= 0.3 is 12.1 Å². The minimum atomic E-state index is -1.11. The van der Waals surface area contributed by atoms with Crippen LogP contribution in [-0.4, -0.2) is 66.7 Å². The first-order valence-corrected chi connectivity index (χ1v) is 8.90. The van der Waals surface area contributed by atoms with E-state index < -0.39 is 24.5 Å². The van der Waals surface area contributed by atoms with Crippen molar-refractivity contribution in [2.75, 3.05) is 33.8 Å². The van der Waals surface area contributed by atoms with Gasteiger partial charge in [-0.25, -0.2) is 4.79 Å². The van der Waals surface area contributed by atoms with Crippen molar-refractivity contribution in [3.8, 4) is 11.1 Å². The molecule has 0 radical (unpaired) electrons. The lowest BCUT2D eigenvalue weighted by molar-refractivity contribution is -0.143. The molecule has 0 aliphatic heterocycles. The van der Waals surface area contributed by atoms with E-state index in [0.717, 1.165) is 32.1 Å². The molecule has 1 aliphatic rings. The molecule has 28 heavy (non-hydrogen) atoms. The molecule has 0 aromatic heterocycles. The Balaban J connectivity index is 1.63. The quantitative estimate of drug-likeness (QED) is 0.829. The minimum absolute atomic E-state index is 0.0601. The zero-order valence-electron chi connectivity index (χ0n) is 15.8. The fourth-order valence-corrected chi connectivity index (χ4v) is 3.38. The first kappa shape index (κ1) is 19.4. The van der Waals surface area contributed by atoms with Crippen molar-refractivity contribution in [1.82, 2.24) is 9.80 Å². The summed E-state index contributed by atoms with van der Waals surface area (Å²) in [6.45, 7) is -0.506. The van der Waals surface area contributed by atoms with E-state index in [0.29, 0.717) is 0 Å². The second-order valence-electron chi connectivity index (χ2n) is 6.80. The predicted molar refractivity (Wildman–Crippen MR) is 103 cm³/mol. The zero-order chi connectivity index (χ0) is 20.3. The number of hydrogen-bond donors (Lipinski definition) is 1. The van der Waals surface area contributed by atoms with Crippen molar-refractivity contribution in [3.63, 3.8) is 0 Å². The second-order valence-corrected chi connectivity index (χ2v) is 6.80. The molecular weight excluding hydrogens is 360 g/mol. The van der Waals surface area contributed by atoms with Crippen LogP contribution in [0.15, 0.2) is 48.5 Å². The lowest BCUT2D eigenvalue weighted by Gasteiger charge is -2.21. The highest BCUT2D eigenvalue weighted by molar-refractivity contribution is 5.85. The van der Waals surface area contributed by atoms with Gasteiger partial charge in [-0.2, -0.15) is 0 Å². The molecular formula is C21H22N2O5. The molecule has 0 spiro atoms. The summed E-state index contributed by atoms with van der Waals surface area (Å²) in [5.74, 6) is -1.65. The van der Waals surface area contributed by atoms with E-state index in [4.69, 9.17) is 9.84 Å². The summed E-state index contributed by atoms with van der Waals surface area (Å²) in [5, 5.41) is 8.74.